The maximum atomic E-state index is 12.8. The third-order valence-corrected chi connectivity index (χ3v) is 4.68. The van der Waals surface area contributed by atoms with Gasteiger partial charge in [0.05, 0.1) is 12.3 Å². The van der Waals surface area contributed by atoms with Crippen LogP contribution in [-0.2, 0) is 17.7 Å². The van der Waals surface area contributed by atoms with Crippen LogP contribution in [0, 0.1) is 0 Å². The molecule has 0 aliphatic carbocycles. The van der Waals surface area contributed by atoms with E-state index in [1.807, 2.05) is 11.0 Å². The Hall–Kier alpha value is -2.21. The van der Waals surface area contributed by atoms with E-state index < -0.39 is 0 Å². The van der Waals surface area contributed by atoms with Gasteiger partial charge in [0.15, 0.2) is 5.69 Å². The predicted octanol–water partition coefficient (Wildman–Crippen LogP) is 2.94. The SMILES string of the molecule is CCCN(C[C@@H]1CCCO1)C(=O)c1cn(CCCc2ccccc2)nn1. The van der Waals surface area contributed by atoms with Crippen molar-refractivity contribution < 1.29 is 9.53 Å². The fourth-order valence-electron chi connectivity index (χ4n) is 3.34. The van der Waals surface area contributed by atoms with Crippen LogP contribution in [0.2, 0.25) is 0 Å². The molecule has 1 aromatic heterocycles. The van der Waals surface area contributed by atoms with Gasteiger partial charge in [0, 0.05) is 26.2 Å². The second-order valence-corrected chi connectivity index (χ2v) is 6.84. The van der Waals surface area contributed by atoms with E-state index in [-0.39, 0.29) is 12.0 Å². The van der Waals surface area contributed by atoms with Crippen molar-refractivity contribution in [2.24, 2.45) is 0 Å². The Kier molecular flexibility index (Phi) is 6.77. The molecule has 6 heteroatoms. The van der Waals surface area contributed by atoms with Crippen LogP contribution in [0.4, 0.5) is 0 Å². The number of aromatic nitrogens is 3. The number of nitrogens with zero attached hydrogens (tertiary/aromatic N) is 4. The number of amides is 1. The average Bonchev–Trinajstić information content (AvgIpc) is 3.34. The molecule has 3 rings (SSSR count). The van der Waals surface area contributed by atoms with Crippen LogP contribution < -0.4 is 0 Å². The lowest BCUT2D eigenvalue weighted by Crippen LogP contribution is -2.38. The van der Waals surface area contributed by atoms with Crippen molar-refractivity contribution in [3.05, 3.63) is 47.8 Å². The summed E-state index contributed by atoms with van der Waals surface area (Å²) in [6.07, 6.45) is 6.91. The highest BCUT2D eigenvalue weighted by Gasteiger charge is 2.24. The van der Waals surface area contributed by atoms with Gasteiger partial charge in [-0.25, -0.2) is 0 Å². The number of carbonyl (C=O) groups excluding carboxylic acids is 1. The third-order valence-electron chi connectivity index (χ3n) is 4.68. The second-order valence-electron chi connectivity index (χ2n) is 6.84. The van der Waals surface area contributed by atoms with Crippen molar-refractivity contribution in [3.8, 4) is 0 Å². The van der Waals surface area contributed by atoms with Crippen LogP contribution in [0.25, 0.3) is 0 Å². The molecule has 6 nitrogen and oxygen atoms in total. The van der Waals surface area contributed by atoms with Crippen molar-refractivity contribution in [1.29, 1.82) is 0 Å². The lowest BCUT2D eigenvalue weighted by Gasteiger charge is -2.24. The first kappa shape index (κ1) is 18.6. The molecule has 0 radical (unpaired) electrons. The molecule has 0 N–H and O–H groups in total. The maximum Gasteiger partial charge on any atom is 0.276 e. The summed E-state index contributed by atoms with van der Waals surface area (Å²) < 4.78 is 7.45. The smallest absolute Gasteiger partial charge is 0.276 e. The monoisotopic (exact) mass is 356 g/mol. The van der Waals surface area contributed by atoms with Gasteiger partial charge in [-0.2, -0.15) is 0 Å². The quantitative estimate of drug-likeness (QED) is 0.693. The standard InChI is InChI=1S/C20H28N4O2/c1-2-12-23(15-18-11-7-14-26-18)20(25)19-16-24(22-21-19)13-6-10-17-8-4-3-5-9-17/h3-5,8-9,16,18H,2,6-7,10-15H2,1H3/t18-/m0/s1. The summed E-state index contributed by atoms with van der Waals surface area (Å²) in [5.41, 5.74) is 1.74. The maximum absolute atomic E-state index is 12.8. The van der Waals surface area contributed by atoms with E-state index in [4.69, 9.17) is 4.74 Å². The van der Waals surface area contributed by atoms with Crippen LogP contribution in [-0.4, -0.2) is 51.6 Å². The van der Waals surface area contributed by atoms with Gasteiger partial charge in [0.25, 0.3) is 5.91 Å². The van der Waals surface area contributed by atoms with Crippen molar-refractivity contribution in [2.75, 3.05) is 19.7 Å². The average molecular weight is 356 g/mol. The number of hydrogen-bond acceptors (Lipinski definition) is 4. The fourth-order valence-corrected chi connectivity index (χ4v) is 3.34. The normalized spacial score (nSPS) is 16.7. The van der Waals surface area contributed by atoms with E-state index in [0.717, 1.165) is 51.8 Å². The molecule has 0 saturated carbocycles. The molecule has 0 spiro atoms. The molecule has 1 aliphatic rings. The minimum atomic E-state index is -0.0448. The van der Waals surface area contributed by atoms with E-state index in [2.05, 4.69) is 41.5 Å². The summed E-state index contributed by atoms with van der Waals surface area (Å²) >= 11 is 0. The molecule has 0 bridgehead atoms. The third kappa shape index (κ3) is 5.14. The first-order valence-electron chi connectivity index (χ1n) is 9.61. The molecular formula is C20H28N4O2. The highest BCUT2D eigenvalue weighted by molar-refractivity contribution is 5.91. The molecule has 0 unspecified atom stereocenters. The van der Waals surface area contributed by atoms with E-state index in [1.165, 1.54) is 5.56 Å². The van der Waals surface area contributed by atoms with Crippen molar-refractivity contribution in [1.82, 2.24) is 19.9 Å². The van der Waals surface area contributed by atoms with E-state index >= 15 is 0 Å². The summed E-state index contributed by atoms with van der Waals surface area (Å²) in [7, 11) is 0. The van der Waals surface area contributed by atoms with E-state index in [0.29, 0.717) is 12.2 Å². The van der Waals surface area contributed by atoms with Gasteiger partial charge in [0.2, 0.25) is 0 Å². The molecule has 1 saturated heterocycles. The zero-order valence-corrected chi connectivity index (χ0v) is 15.5. The molecule has 2 heterocycles. The van der Waals surface area contributed by atoms with Crippen LogP contribution in [0.15, 0.2) is 36.5 Å². The zero-order valence-electron chi connectivity index (χ0n) is 15.5. The van der Waals surface area contributed by atoms with Gasteiger partial charge in [-0.05, 0) is 37.7 Å². The predicted molar refractivity (Wildman–Crippen MR) is 100.0 cm³/mol. The molecule has 1 aliphatic heterocycles. The van der Waals surface area contributed by atoms with Crippen LogP contribution in [0.1, 0.15) is 48.7 Å². The Labute approximate surface area is 155 Å². The Morgan fingerprint density at radius 3 is 2.92 bits per heavy atom. The number of aryl methyl sites for hydroxylation is 2. The summed E-state index contributed by atoms with van der Waals surface area (Å²) in [6.45, 7) is 5.01. The van der Waals surface area contributed by atoms with Crippen LogP contribution >= 0.6 is 0 Å². The Balaban J connectivity index is 1.53. The first-order chi connectivity index (χ1) is 12.8. The summed E-state index contributed by atoms with van der Waals surface area (Å²) in [4.78, 5) is 14.6. The van der Waals surface area contributed by atoms with E-state index in [9.17, 15) is 4.79 Å². The largest absolute Gasteiger partial charge is 0.376 e. The minimum Gasteiger partial charge on any atom is -0.376 e. The molecule has 2 aromatic rings. The lowest BCUT2D eigenvalue weighted by atomic mass is 10.1. The van der Waals surface area contributed by atoms with E-state index in [1.54, 1.807) is 10.9 Å². The van der Waals surface area contributed by atoms with Gasteiger partial charge >= 0.3 is 0 Å². The summed E-state index contributed by atoms with van der Waals surface area (Å²) in [5.74, 6) is -0.0448. The number of hydrogen-bond donors (Lipinski definition) is 0. The van der Waals surface area contributed by atoms with Gasteiger partial charge in [-0.1, -0.05) is 42.5 Å². The fraction of sp³-hybridized carbons (Fsp3) is 0.550. The Morgan fingerprint density at radius 2 is 2.19 bits per heavy atom. The van der Waals surface area contributed by atoms with Crippen molar-refractivity contribution >= 4 is 5.91 Å². The van der Waals surface area contributed by atoms with Gasteiger partial charge in [0.1, 0.15) is 0 Å². The summed E-state index contributed by atoms with van der Waals surface area (Å²) in [5, 5.41) is 8.23. The molecular weight excluding hydrogens is 328 g/mol. The van der Waals surface area contributed by atoms with Crippen molar-refractivity contribution in [3.63, 3.8) is 0 Å². The number of benzene rings is 1. The van der Waals surface area contributed by atoms with Gasteiger partial charge in [-0.3, -0.25) is 9.48 Å². The zero-order chi connectivity index (χ0) is 18.2. The van der Waals surface area contributed by atoms with Crippen LogP contribution in [0.3, 0.4) is 0 Å². The first-order valence-corrected chi connectivity index (χ1v) is 9.61. The molecule has 26 heavy (non-hydrogen) atoms. The molecule has 1 aromatic carbocycles. The highest BCUT2D eigenvalue weighted by atomic mass is 16.5. The molecule has 1 atom stereocenters. The second kappa shape index (κ2) is 9.48. The lowest BCUT2D eigenvalue weighted by molar-refractivity contribution is 0.0522. The Bertz CT molecular complexity index is 680. The minimum absolute atomic E-state index is 0.0448. The number of carbonyl (C=O) groups is 1. The highest BCUT2D eigenvalue weighted by Crippen LogP contribution is 2.15. The topological polar surface area (TPSA) is 60.2 Å². The Morgan fingerprint density at radius 1 is 1.35 bits per heavy atom. The van der Waals surface area contributed by atoms with Crippen molar-refractivity contribution in [2.45, 2.75) is 51.7 Å². The molecule has 140 valence electrons. The number of ether oxygens (including phenoxy) is 1. The molecule has 1 fully saturated rings. The summed E-state index contributed by atoms with van der Waals surface area (Å²) in [6, 6.07) is 10.4. The van der Waals surface area contributed by atoms with Crippen LogP contribution in [0.5, 0.6) is 0 Å². The van der Waals surface area contributed by atoms with Gasteiger partial charge < -0.3 is 9.64 Å². The molecule has 1 amide bonds. The van der Waals surface area contributed by atoms with Gasteiger partial charge in [-0.15, -0.1) is 5.10 Å². The number of rotatable bonds is 9.